The second-order valence-electron chi connectivity index (χ2n) is 4.80. The highest BCUT2D eigenvalue weighted by molar-refractivity contribution is 5.17. The molecule has 0 nitrogen and oxygen atoms in total. The van der Waals surface area contributed by atoms with Crippen molar-refractivity contribution in [3.63, 3.8) is 0 Å². The van der Waals surface area contributed by atoms with E-state index in [1.165, 1.54) is 6.92 Å². The maximum Gasteiger partial charge on any atom is 0.460 e. The molecule has 0 heterocycles. The topological polar surface area (TPSA) is 0 Å². The van der Waals surface area contributed by atoms with Crippen LogP contribution < -0.4 is 0 Å². The summed E-state index contributed by atoms with van der Waals surface area (Å²) in [6, 6.07) is 0. The summed E-state index contributed by atoms with van der Waals surface area (Å²) in [5.74, 6) is -33.2. The van der Waals surface area contributed by atoms with E-state index in [1.54, 1.807) is 0 Å². The Morgan fingerprint density at radius 3 is 1.58 bits per heavy atom. The van der Waals surface area contributed by atoms with Crippen molar-refractivity contribution in [3.05, 3.63) is 24.6 Å². The fourth-order valence-corrected chi connectivity index (χ4v) is 1.24. The van der Waals surface area contributed by atoms with Crippen LogP contribution in [0.4, 0.5) is 52.7 Å². The first kappa shape index (κ1) is 22.6. The van der Waals surface area contributed by atoms with Crippen LogP contribution in [0, 0.1) is 5.92 Å². The summed E-state index contributed by atoms with van der Waals surface area (Å²) in [7, 11) is 0. The molecule has 0 saturated carbocycles. The molecule has 0 spiro atoms. The summed E-state index contributed by atoms with van der Waals surface area (Å²) in [5.41, 5.74) is 0. The zero-order chi connectivity index (χ0) is 19.8. The molecular weight excluding hydrogens is 372 g/mol. The van der Waals surface area contributed by atoms with Crippen LogP contribution in [0.2, 0.25) is 0 Å². The van der Waals surface area contributed by atoms with Crippen molar-refractivity contribution in [1.29, 1.82) is 0 Å². The molecule has 0 aromatic rings. The molecular formula is C12H10F12. The van der Waals surface area contributed by atoms with Crippen molar-refractivity contribution in [2.75, 3.05) is 0 Å². The largest absolute Gasteiger partial charge is 0.460 e. The fraction of sp³-hybridized carbons (Fsp3) is 0.667. The second-order valence-corrected chi connectivity index (χ2v) is 4.80. The smallest absolute Gasteiger partial charge is 0.205 e. The van der Waals surface area contributed by atoms with E-state index >= 15 is 0 Å². The Balaban J connectivity index is 5.97. The SMILES string of the molecule is C=CC(C)C/C=C(\F)C(F)(F)C(F)(F)C(F)(F)C(F)(F)C(F)(F)F. The minimum atomic E-state index is -7.61. The second kappa shape index (κ2) is 6.51. The number of hydrogen-bond donors (Lipinski definition) is 0. The fourth-order valence-electron chi connectivity index (χ4n) is 1.24. The van der Waals surface area contributed by atoms with Gasteiger partial charge in [-0.05, 0) is 18.4 Å². The molecule has 0 aliphatic carbocycles. The first-order valence-corrected chi connectivity index (χ1v) is 5.94. The molecule has 0 rings (SSSR count). The van der Waals surface area contributed by atoms with Gasteiger partial charge in [0.15, 0.2) is 5.83 Å². The van der Waals surface area contributed by atoms with Gasteiger partial charge in [0.25, 0.3) is 0 Å². The van der Waals surface area contributed by atoms with E-state index in [9.17, 15) is 52.7 Å². The van der Waals surface area contributed by atoms with E-state index in [1.807, 2.05) is 0 Å². The van der Waals surface area contributed by atoms with Crippen LogP contribution in [0.15, 0.2) is 24.6 Å². The lowest BCUT2D eigenvalue weighted by Gasteiger charge is -2.36. The van der Waals surface area contributed by atoms with Crippen LogP contribution in [0.1, 0.15) is 13.3 Å². The summed E-state index contributed by atoms with van der Waals surface area (Å²) >= 11 is 0. The lowest BCUT2D eigenvalue weighted by atomic mass is 9.96. The molecule has 0 saturated heterocycles. The quantitative estimate of drug-likeness (QED) is 0.366. The van der Waals surface area contributed by atoms with Crippen LogP contribution in [-0.2, 0) is 0 Å². The minimum absolute atomic E-state index is 0.317. The maximum absolute atomic E-state index is 13.2. The molecule has 0 aromatic carbocycles. The number of hydrogen-bond acceptors (Lipinski definition) is 0. The average Bonchev–Trinajstić information content (AvgIpc) is 2.42. The van der Waals surface area contributed by atoms with Gasteiger partial charge in [0, 0.05) is 0 Å². The summed E-state index contributed by atoms with van der Waals surface area (Å²) in [6.07, 6.45) is -7.32. The third kappa shape index (κ3) is 3.51. The molecule has 142 valence electrons. The minimum Gasteiger partial charge on any atom is -0.205 e. The number of allylic oxidation sites excluding steroid dienone is 3. The van der Waals surface area contributed by atoms with Gasteiger partial charge < -0.3 is 0 Å². The molecule has 1 atom stereocenters. The number of alkyl halides is 11. The Labute approximate surface area is 127 Å². The maximum atomic E-state index is 13.2. The molecule has 0 aliphatic heterocycles. The normalized spacial score (nSPS) is 17.0. The Morgan fingerprint density at radius 2 is 1.25 bits per heavy atom. The molecule has 0 bridgehead atoms. The van der Waals surface area contributed by atoms with Gasteiger partial charge in [0.05, 0.1) is 0 Å². The van der Waals surface area contributed by atoms with E-state index < -0.39 is 48.0 Å². The molecule has 0 N–H and O–H groups in total. The van der Waals surface area contributed by atoms with Gasteiger partial charge >= 0.3 is 29.9 Å². The van der Waals surface area contributed by atoms with Crippen molar-refractivity contribution in [3.8, 4) is 0 Å². The van der Waals surface area contributed by atoms with E-state index in [-0.39, 0.29) is 6.08 Å². The van der Waals surface area contributed by atoms with E-state index in [0.717, 1.165) is 6.08 Å². The summed E-state index contributed by atoms with van der Waals surface area (Å²) in [6.45, 7) is 4.34. The van der Waals surface area contributed by atoms with Gasteiger partial charge in [-0.25, -0.2) is 4.39 Å². The number of rotatable bonds is 7. The van der Waals surface area contributed by atoms with Gasteiger partial charge in [0.2, 0.25) is 0 Å². The van der Waals surface area contributed by atoms with Crippen LogP contribution in [0.3, 0.4) is 0 Å². The van der Waals surface area contributed by atoms with Gasteiger partial charge in [-0.2, -0.15) is 48.3 Å². The molecule has 0 fully saturated rings. The summed E-state index contributed by atoms with van der Waals surface area (Å²) < 4.78 is 152. The van der Waals surface area contributed by atoms with Gasteiger partial charge in [-0.15, -0.1) is 6.58 Å². The Kier molecular flexibility index (Phi) is 6.14. The zero-order valence-electron chi connectivity index (χ0n) is 11.7. The van der Waals surface area contributed by atoms with E-state index in [2.05, 4.69) is 6.58 Å². The molecule has 0 aliphatic rings. The molecule has 1 unspecified atom stereocenters. The predicted molar refractivity (Wildman–Crippen MR) is 59.0 cm³/mol. The molecule has 12 heteroatoms. The first-order valence-electron chi connectivity index (χ1n) is 5.94. The highest BCUT2D eigenvalue weighted by Crippen LogP contribution is 2.58. The van der Waals surface area contributed by atoms with Crippen molar-refractivity contribution >= 4 is 0 Å². The zero-order valence-corrected chi connectivity index (χ0v) is 11.7. The van der Waals surface area contributed by atoms with Gasteiger partial charge in [-0.3, -0.25) is 0 Å². The average molecular weight is 382 g/mol. The van der Waals surface area contributed by atoms with Crippen molar-refractivity contribution < 1.29 is 52.7 Å². The standard InChI is InChI=1S/C12H10F12/c1-3-6(2)4-5-7(13)8(14,15)9(16,17)10(18,19)11(20,21)12(22,23)24/h3,5-6H,1,4H2,2H3/b7-5-. The molecule has 24 heavy (non-hydrogen) atoms. The lowest BCUT2D eigenvalue weighted by molar-refractivity contribution is -0.419. The molecule has 0 radical (unpaired) electrons. The highest BCUT2D eigenvalue weighted by Gasteiger charge is 2.87. The third-order valence-corrected chi connectivity index (χ3v) is 2.91. The summed E-state index contributed by atoms with van der Waals surface area (Å²) in [4.78, 5) is 0. The Hall–Kier alpha value is -1.36. The molecule has 0 amide bonds. The van der Waals surface area contributed by atoms with Crippen molar-refractivity contribution in [2.24, 2.45) is 5.92 Å². The predicted octanol–water partition coefficient (Wildman–Crippen LogP) is 6.16. The molecule has 0 aromatic heterocycles. The van der Waals surface area contributed by atoms with E-state index in [0.29, 0.717) is 0 Å². The number of halogens is 12. The summed E-state index contributed by atoms with van der Waals surface area (Å²) in [5, 5.41) is 0. The van der Waals surface area contributed by atoms with Crippen molar-refractivity contribution in [1.82, 2.24) is 0 Å². The van der Waals surface area contributed by atoms with Gasteiger partial charge in [0.1, 0.15) is 0 Å². The van der Waals surface area contributed by atoms with Gasteiger partial charge in [-0.1, -0.05) is 13.0 Å². The monoisotopic (exact) mass is 382 g/mol. The van der Waals surface area contributed by atoms with Crippen LogP contribution >= 0.6 is 0 Å². The highest BCUT2D eigenvalue weighted by atomic mass is 19.4. The van der Waals surface area contributed by atoms with E-state index in [4.69, 9.17) is 0 Å². The van der Waals surface area contributed by atoms with Crippen LogP contribution in [0.25, 0.3) is 0 Å². The first-order chi connectivity index (χ1) is 10.4. The third-order valence-electron chi connectivity index (χ3n) is 2.91. The van der Waals surface area contributed by atoms with Crippen molar-refractivity contribution in [2.45, 2.75) is 43.2 Å². The Morgan fingerprint density at radius 1 is 0.833 bits per heavy atom. The lowest BCUT2D eigenvalue weighted by Crippen LogP contribution is -2.66. The Bertz CT molecular complexity index is 485. The van der Waals surface area contributed by atoms with Crippen LogP contribution in [0.5, 0.6) is 0 Å². The van der Waals surface area contributed by atoms with Crippen LogP contribution in [-0.4, -0.2) is 29.9 Å².